The summed E-state index contributed by atoms with van der Waals surface area (Å²) in [5.74, 6) is 1.32. The summed E-state index contributed by atoms with van der Waals surface area (Å²) >= 11 is 0. The van der Waals surface area contributed by atoms with Crippen LogP contribution in [0.2, 0.25) is 0 Å². The van der Waals surface area contributed by atoms with Gasteiger partial charge in [0.2, 0.25) is 6.41 Å². The van der Waals surface area contributed by atoms with Crippen molar-refractivity contribution < 1.29 is 23.8 Å². The zero-order chi connectivity index (χ0) is 16.2. The predicted octanol–water partition coefficient (Wildman–Crippen LogP) is 1.05. The molecule has 23 heavy (non-hydrogen) atoms. The Morgan fingerprint density at radius 1 is 1.26 bits per heavy atom. The van der Waals surface area contributed by atoms with E-state index in [-0.39, 0.29) is 12.2 Å². The van der Waals surface area contributed by atoms with E-state index in [1.165, 1.54) is 0 Å². The molecule has 0 aliphatic carbocycles. The van der Waals surface area contributed by atoms with Crippen LogP contribution in [0.3, 0.4) is 0 Å². The van der Waals surface area contributed by atoms with Gasteiger partial charge in [-0.05, 0) is 18.2 Å². The van der Waals surface area contributed by atoms with Gasteiger partial charge < -0.3 is 23.9 Å². The largest absolute Gasteiger partial charge is 0.493 e. The van der Waals surface area contributed by atoms with Crippen molar-refractivity contribution in [2.75, 3.05) is 33.9 Å². The SMILES string of the molecule is COc1ccc(C2=NOC(C3CN(C=O)CCO3)C2)cc1OC. The van der Waals surface area contributed by atoms with E-state index in [0.717, 1.165) is 17.7 Å². The first kappa shape index (κ1) is 15.6. The standard InChI is InChI=1S/C16H20N2O5/c1-20-13-4-3-11(7-14(13)21-2)12-8-15(23-17-12)16-9-18(10-19)5-6-22-16/h3-4,7,10,15-16H,5-6,8-9H2,1-2H3. The van der Waals surface area contributed by atoms with Crippen LogP contribution in [0.15, 0.2) is 23.4 Å². The van der Waals surface area contributed by atoms with Gasteiger partial charge in [-0.25, -0.2) is 0 Å². The fraction of sp³-hybridized carbons (Fsp3) is 0.500. The first-order valence-electron chi connectivity index (χ1n) is 7.51. The van der Waals surface area contributed by atoms with Crippen LogP contribution in [-0.2, 0) is 14.4 Å². The van der Waals surface area contributed by atoms with Gasteiger partial charge in [-0.1, -0.05) is 5.16 Å². The first-order valence-corrected chi connectivity index (χ1v) is 7.51. The van der Waals surface area contributed by atoms with Crippen molar-refractivity contribution in [3.05, 3.63) is 23.8 Å². The lowest BCUT2D eigenvalue weighted by Gasteiger charge is -2.32. The Kier molecular flexibility index (Phi) is 4.66. The summed E-state index contributed by atoms with van der Waals surface area (Å²) in [5, 5.41) is 4.18. The number of benzene rings is 1. The van der Waals surface area contributed by atoms with Crippen LogP contribution in [0.4, 0.5) is 0 Å². The molecule has 1 aromatic rings. The monoisotopic (exact) mass is 320 g/mol. The molecule has 0 spiro atoms. The maximum Gasteiger partial charge on any atom is 0.209 e. The van der Waals surface area contributed by atoms with Crippen LogP contribution in [0, 0.1) is 0 Å². The fourth-order valence-corrected chi connectivity index (χ4v) is 2.80. The number of rotatable bonds is 5. The molecule has 7 nitrogen and oxygen atoms in total. The summed E-state index contributed by atoms with van der Waals surface area (Å²) in [7, 11) is 3.20. The number of ether oxygens (including phenoxy) is 3. The van der Waals surface area contributed by atoms with E-state index in [1.54, 1.807) is 19.1 Å². The molecule has 0 aromatic heterocycles. The van der Waals surface area contributed by atoms with E-state index in [1.807, 2.05) is 18.2 Å². The van der Waals surface area contributed by atoms with Gasteiger partial charge in [0, 0.05) is 18.5 Å². The van der Waals surface area contributed by atoms with E-state index in [4.69, 9.17) is 19.0 Å². The number of hydrogen-bond donors (Lipinski definition) is 0. The smallest absolute Gasteiger partial charge is 0.209 e. The van der Waals surface area contributed by atoms with E-state index in [9.17, 15) is 4.79 Å². The summed E-state index contributed by atoms with van der Waals surface area (Å²) in [6.45, 7) is 1.67. The number of oxime groups is 1. The highest BCUT2D eigenvalue weighted by Gasteiger charge is 2.34. The Bertz CT molecular complexity index is 604. The van der Waals surface area contributed by atoms with E-state index >= 15 is 0 Å². The topological polar surface area (TPSA) is 69.6 Å². The van der Waals surface area contributed by atoms with Gasteiger partial charge in [-0.15, -0.1) is 0 Å². The minimum Gasteiger partial charge on any atom is -0.493 e. The van der Waals surface area contributed by atoms with Crippen molar-refractivity contribution in [3.8, 4) is 11.5 Å². The highest BCUT2D eigenvalue weighted by atomic mass is 16.7. The quantitative estimate of drug-likeness (QED) is 0.759. The zero-order valence-electron chi connectivity index (χ0n) is 13.2. The van der Waals surface area contributed by atoms with E-state index in [2.05, 4.69) is 5.16 Å². The second-order valence-electron chi connectivity index (χ2n) is 5.47. The average Bonchev–Trinajstić information content (AvgIpc) is 3.11. The Morgan fingerprint density at radius 2 is 2.09 bits per heavy atom. The normalized spacial score (nSPS) is 23.9. The second-order valence-corrected chi connectivity index (χ2v) is 5.47. The Morgan fingerprint density at radius 3 is 2.83 bits per heavy atom. The summed E-state index contributed by atoms with van der Waals surface area (Å²) in [6, 6.07) is 5.64. The maximum atomic E-state index is 10.9. The summed E-state index contributed by atoms with van der Waals surface area (Å²) < 4.78 is 16.3. The molecule has 7 heteroatoms. The van der Waals surface area contributed by atoms with E-state index < -0.39 is 0 Å². The lowest BCUT2D eigenvalue weighted by atomic mass is 10.0. The predicted molar refractivity (Wildman–Crippen MR) is 83.0 cm³/mol. The Balaban J connectivity index is 1.68. The number of methoxy groups -OCH3 is 2. The molecule has 2 atom stereocenters. The number of morpholine rings is 1. The molecule has 2 heterocycles. The number of amides is 1. The molecule has 2 aliphatic heterocycles. The van der Waals surface area contributed by atoms with Crippen molar-refractivity contribution in [3.63, 3.8) is 0 Å². The van der Waals surface area contributed by atoms with E-state index in [0.29, 0.717) is 37.6 Å². The molecule has 0 radical (unpaired) electrons. The Hall–Kier alpha value is -2.28. The molecular formula is C16H20N2O5. The molecule has 2 unspecified atom stereocenters. The molecule has 0 bridgehead atoms. The van der Waals surface area contributed by atoms with Gasteiger partial charge >= 0.3 is 0 Å². The molecule has 0 saturated carbocycles. The van der Waals surface area contributed by atoms with Crippen molar-refractivity contribution in [1.82, 2.24) is 4.90 Å². The third-order valence-electron chi connectivity index (χ3n) is 4.10. The van der Waals surface area contributed by atoms with Crippen LogP contribution in [-0.4, -0.2) is 63.1 Å². The van der Waals surface area contributed by atoms with Crippen LogP contribution in [0.25, 0.3) is 0 Å². The molecule has 1 saturated heterocycles. The lowest BCUT2D eigenvalue weighted by molar-refractivity contribution is -0.133. The lowest BCUT2D eigenvalue weighted by Crippen LogP contribution is -2.47. The van der Waals surface area contributed by atoms with Gasteiger partial charge in [0.25, 0.3) is 0 Å². The number of carbonyl (C=O) groups is 1. The third-order valence-corrected chi connectivity index (χ3v) is 4.10. The molecule has 1 amide bonds. The molecule has 2 aliphatic rings. The summed E-state index contributed by atoms with van der Waals surface area (Å²) in [6.07, 6.45) is 1.14. The number of hydrogen-bond acceptors (Lipinski definition) is 6. The maximum absolute atomic E-state index is 10.9. The van der Waals surface area contributed by atoms with Crippen molar-refractivity contribution in [1.29, 1.82) is 0 Å². The van der Waals surface area contributed by atoms with Gasteiger partial charge in [0.05, 0.1) is 33.1 Å². The van der Waals surface area contributed by atoms with Crippen molar-refractivity contribution in [2.45, 2.75) is 18.6 Å². The fourth-order valence-electron chi connectivity index (χ4n) is 2.80. The molecule has 124 valence electrons. The second kappa shape index (κ2) is 6.87. The molecule has 3 rings (SSSR count). The number of carbonyl (C=O) groups excluding carboxylic acids is 1. The average molecular weight is 320 g/mol. The highest BCUT2D eigenvalue weighted by molar-refractivity contribution is 6.01. The van der Waals surface area contributed by atoms with Crippen LogP contribution >= 0.6 is 0 Å². The minimum absolute atomic E-state index is 0.157. The summed E-state index contributed by atoms with van der Waals surface area (Å²) in [4.78, 5) is 18.1. The van der Waals surface area contributed by atoms with Gasteiger partial charge in [-0.2, -0.15) is 0 Å². The first-order chi connectivity index (χ1) is 11.2. The molecule has 0 N–H and O–H groups in total. The van der Waals surface area contributed by atoms with Crippen LogP contribution in [0.1, 0.15) is 12.0 Å². The molecular weight excluding hydrogens is 300 g/mol. The van der Waals surface area contributed by atoms with Crippen molar-refractivity contribution in [2.24, 2.45) is 5.16 Å². The molecule has 1 aromatic carbocycles. The minimum atomic E-state index is -0.180. The highest BCUT2D eigenvalue weighted by Crippen LogP contribution is 2.30. The zero-order valence-corrected chi connectivity index (χ0v) is 13.2. The third kappa shape index (κ3) is 3.24. The molecule has 1 fully saturated rings. The van der Waals surface area contributed by atoms with Gasteiger partial charge in [0.1, 0.15) is 6.10 Å². The van der Waals surface area contributed by atoms with Gasteiger partial charge in [0.15, 0.2) is 17.6 Å². The van der Waals surface area contributed by atoms with Crippen LogP contribution < -0.4 is 9.47 Å². The number of nitrogens with zero attached hydrogens (tertiary/aromatic N) is 2. The van der Waals surface area contributed by atoms with Crippen molar-refractivity contribution >= 4 is 12.1 Å². The van der Waals surface area contributed by atoms with Gasteiger partial charge in [-0.3, -0.25) is 4.79 Å². The van der Waals surface area contributed by atoms with Crippen LogP contribution in [0.5, 0.6) is 11.5 Å². The Labute approximate surface area is 134 Å². The summed E-state index contributed by atoms with van der Waals surface area (Å²) in [5.41, 5.74) is 1.76.